The van der Waals surface area contributed by atoms with E-state index in [1.807, 2.05) is 6.07 Å². The predicted molar refractivity (Wildman–Crippen MR) is 87.2 cm³/mol. The third kappa shape index (κ3) is 3.45. The van der Waals surface area contributed by atoms with Gasteiger partial charge in [-0.15, -0.1) is 0 Å². The molecule has 0 aliphatic carbocycles. The molecule has 0 saturated carbocycles. The maximum absolute atomic E-state index is 6.22. The molecule has 4 heteroatoms. The molecule has 1 saturated heterocycles. The SMILES string of the molecule is CCC(C)C1CN(c2ccc(Br)c(Cl)c2)C(C)CN1. The van der Waals surface area contributed by atoms with Gasteiger partial charge in [-0.3, -0.25) is 0 Å². The second-order valence-electron chi connectivity index (χ2n) is 5.50. The Morgan fingerprint density at radius 1 is 1.53 bits per heavy atom. The average Bonchev–Trinajstić information content (AvgIpc) is 2.41. The zero-order chi connectivity index (χ0) is 14.0. The first-order valence-corrected chi connectivity index (χ1v) is 8.15. The first-order valence-electron chi connectivity index (χ1n) is 6.98. The summed E-state index contributed by atoms with van der Waals surface area (Å²) in [6, 6.07) is 7.29. The molecular formula is C15H22BrClN2. The largest absolute Gasteiger partial charge is 0.366 e. The fourth-order valence-electron chi connectivity index (χ4n) is 2.58. The molecule has 1 fully saturated rings. The van der Waals surface area contributed by atoms with E-state index >= 15 is 0 Å². The van der Waals surface area contributed by atoms with Crippen LogP contribution < -0.4 is 10.2 Å². The van der Waals surface area contributed by atoms with Crippen LogP contribution >= 0.6 is 27.5 Å². The molecule has 2 rings (SSSR count). The van der Waals surface area contributed by atoms with Gasteiger partial charge in [0, 0.05) is 35.3 Å². The highest BCUT2D eigenvalue weighted by atomic mass is 79.9. The Labute approximate surface area is 129 Å². The van der Waals surface area contributed by atoms with E-state index in [1.54, 1.807) is 0 Å². The zero-order valence-corrected chi connectivity index (χ0v) is 14.1. The molecule has 1 N–H and O–H groups in total. The van der Waals surface area contributed by atoms with Gasteiger partial charge in [-0.1, -0.05) is 31.9 Å². The van der Waals surface area contributed by atoms with Crippen LogP contribution in [0.5, 0.6) is 0 Å². The Morgan fingerprint density at radius 2 is 2.26 bits per heavy atom. The number of hydrogen-bond acceptors (Lipinski definition) is 2. The number of nitrogens with one attached hydrogen (secondary N) is 1. The number of halogens is 2. The minimum absolute atomic E-state index is 0.498. The van der Waals surface area contributed by atoms with E-state index in [-0.39, 0.29) is 0 Å². The molecule has 2 nitrogen and oxygen atoms in total. The Balaban J connectivity index is 2.18. The van der Waals surface area contributed by atoms with Gasteiger partial charge in [0.05, 0.1) is 5.02 Å². The van der Waals surface area contributed by atoms with Gasteiger partial charge in [0.1, 0.15) is 0 Å². The third-order valence-electron chi connectivity index (χ3n) is 4.17. The molecule has 1 aliphatic heterocycles. The standard InChI is InChI=1S/C15H22BrClN2/c1-4-10(2)15-9-19(11(3)8-18-15)12-5-6-13(16)14(17)7-12/h5-7,10-11,15,18H,4,8-9H2,1-3H3. The quantitative estimate of drug-likeness (QED) is 0.878. The molecule has 0 amide bonds. The van der Waals surface area contributed by atoms with Crippen molar-refractivity contribution in [2.75, 3.05) is 18.0 Å². The summed E-state index contributed by atoms with van der Waals surface area (Å²) in [6.07, 6.45) is 1.21. The Morgan fingerprint density at radius 3 is 2.89 bits per heavy atom. The molecule has 0 aromatic heterocycles. The normalized spacial score (nSPS) is 25.4. The molecule has 0 bridgehead atoms. The third-order valence-corrected chi connectivity index (χ3v) is 5.40. The fourth-order valence-corrected chi connectivity index (χ4v) is 3.00. The van der Waals surface area contributed by atoms with Crippen molar-refractivity contribution in [1.29, 1.82) is 0 Å². The molecule has 19 heavy (non-hydrogen) atoms. The summed E-state index contributed by atoms with van der Waals surface area (Å²) in [5, 5.41) is 4.44. The van der Waals surface area contributed by atoms with Gasteiger partial charge in [-0.05, 0) is 47.0 Å². The summed E-state index contributed by atoms with van der Waals surface area (Å²) in [4.78, 5) is 2.46. The molecule has 3 atom stereocenters. The number of hydrogen-bond donors (Lipinski definition) is 1. The maximum atomic E-state index is 6.22. The average molecular weight is 346 g/mol. The van der Waals surface area contributed by atoms with Gasteiger partial charge in [0.2, 0.25) is 0 Å². The van der Waals surface area contributed by atoms with Crippen molar-refractivity contribution in [3.8, 4) is 0 Å². The highest BCUT2D eigenvalue weighted by molar-refractivity contribution is 9.10. The van der Waals surface area contributed by atoms with Crippen LogP contribution in [-0.2, 0) is 0 Å². The molecule has 1 heterocycles. The van der Waals surface area contributed by atoms with E-state index in [9.17, 15) is 0 Å². The van der Waals surface area contributed by atoms with E-state index in [2.05, 4.69) is 59.1 Å². The van der Waals surface area contributed by atoms with Crippen molar-refractivity contribution in [2.45, 2.75) is 39.3 Å². The molecular weight excluding hydrogens is 324 g/mol. The van der Waals surface area contributed by atoms with Gasteiger partial charge in [-0.25, -0.2) is 0 Å². The highest BCUT2D eigenvalue weighted by Gasteiger charge is 2.27. The van der Waals surface area contributed by atoms with Gasteiger partial charge in [0.25, 0.3) is 0 Å². The number of anilines is 1. The summed E-state index contributed by atoms with van der Waals surface area (Å²) in [5.74, 6) is 0.695. The number of rotatable bonds is 3. The predicted octanol–water partition coefficient (Wildman–Crippen LogP) is 4.32. The van der Waals surface area contributed by atoms with Crippen molar-refractivity contribution in [2.24, 2.45) is 5.92 Å². The van der Waals surface area contributed by atoms with Gasteiger partial charge in [-0.2, -0.15) is 0 Å². The topological polar surface area (TPSA) is 15.3 Å². The first kappa shape index (κ1) is 15.1. The zero-order valence-electron chi connectivity index (χ0n) is 11.8. The van der Waals surface area contributed by atoms with E-state index in [4.69, 9.17) is 11.6 Å². The molecule has 106 valence electrons. The van der Waals surface area contributed by atoms with E-state index in [1.165, 1.54) is 12.1 Å². The summed E-state index contributed by atoms with van der Waals surface area (Å²) < 4.78 is 0.958. The van der Waals surface area contributed by atoms with E-state index in [0.29, 0.717) is 18.0 Å². The van der Waals surface area contributed by atoms with Crippen LogP contribution in [0.2, 0.25) is 5.02 Å². The van der Waals surface area contributed by atoms with Gasteiger partial charge in [0.15, 0.2) is 0 Å². The van der Waals surface area contributed by atoms with E-state index in [0.717, 1.165) is 22.6 Å². The summed E-state index contributed by atoms with van der Waals surface area (Å²) in [7, 11) is 0. The van der Waals surface area contributed by atoms with Gasteiger partial charge < -0.3 is 10.2 Å². The lowest BCUT2D eigenvalue weighted by atomic mass is 9.95. The first-order chi connectivity index (χ1) is 9.02. The van der Waals surface area contributed by atoms with Crippen LogP contribution in [0.15, 0.2) is 22.7 Å². The minimum atomic E-state index is 0.498. The van der Waals surface area contributed by atoms with Crippen molar-refractivity contribution in [3.63, 3.8) is 0 Å². The van der Waals surface area contributed by atoms with Gasteiger partial charge >= 0.3 is 0 Å². The molecule has 1 aromatic rings. The number of benzene rings is 1. The molecule has 1 aliphatic rings. The smallest absolute Gasteiger partial charge is 0.0568 e. The molecule has 0 radical (unpaired) electrons. The second-order valence-corrected chi connectivity index (χ2v) is 6.76. The lowest BCUT2D eigenvalue weighted by molar-refractivity contribution is 0.316. The molecule has 0 spiro atoms. The Kier molecular flexibility index (Phi) is 5.15. The maximum Gasteiger partial charge on any atom is 0.0568 e. The Bertz CT molecular complexity index is 438. The van der Waals surface area contributed by atoms with Crippen LogP contribution in [-0.4, -0.2) is 25.2 Å². The summed E-state index contributed by atoms with van der Waals surface area (Å²) in [5.41, 5.74) is 1.22. The monoisotopic (exact) mass is 344 g/mol. The summed E-state index contributed by atoms with van der Waals surface area (Å²) >= 11 is 9.67. The number of nitrogens with zero attached hydrogens (tertiary/aromatic N) is 1. The minimum Gasteiger partial charge on any atom is -0.366 e. The van der Waals surface area contributed by atoms with Crippen LogP contribution in [0.25, 0.3) is 0 Å². The highest BCUT2D eigenvalue weighted by Crippen LogP contribution is 2.30. The Hall–Kier alpha value is -0.250. The van der Waals surface area contributed by atoms with Crippen LogP contribution in [0.3, 0.4) is 0 Å². The van der Waals surface area contributed by atoms with Crippen LogP contribution in [0.4, 0.5) is 5.69 Å². The van der Waals surface area contributed by atoms with Crippen molar-refractivity contribution >= 4 is 33.2 Å². The summed E-state index contributed by atoms with van der Waals surface area (Å²) in [6.45, 7) is 8.91. The fraction of sp³-hybridized carbons (Fsp3) is 0.600. The number of piperazine rings is 1. The molecule has 1 aromatic carbocycles. The van der Waals surface area contributed by atoms with Crippen molar-refractivity contribution < 1.29 is 0 Å². The van der Waals surface area contributed by atoms with Crippen molar-refractivity contribution in [1.82, 2.24) is 5.32 Å². The van der Waals surface area contributed by atoms with E-state index < -0.39 is 0 Å². The molecule has 3 unspecified atom stereocenters. The van der Waals surface area contributed by atoms with Crippen molar-refractivity contribution in [3.05, 3.63) is 27.7 Å². The second kappa shape index (κ2) is 6.47. The lowest BCUT2D eigenvalue weighted by Gasteiger charge is -2.42. The van der Waals surface area contributed by atoms with Crippen LogP contribution in [0.1, 0.15) is 27.2 Å². The van der Waals surface area contributed by atoms with Crippen LogP contribution in [0, 0.1) is 5.92 Å². The lowest BCUT2D eigenvalue weighted by Crippen LogP contribution is -2.57.